The lowest BCUT2D eigenvalue weighted by Gasteiger charge is -2.09. The predicted molar refractivity (Wildman–Crippen MR) is 83.2 cm³/mol. The zero-order valence-electron chi connectivity index (χ0n) is 12.0. The molecule has 4 nitrogen and oxygen atoms in total. The molecule has 1 unspecified atom stereocenters. The number of ether oxygens (including phenoxy) is 1. The summed E-state index contributed by atoms with van der Waals surface area (Å²) in [7, 11) is 0. The van der Waals surface area contributed by atoms with Gasteiger partial charge in [0.05, 0.1) is 5.57 Å². The van der Waals surface area contributed by atoms with Gasteiger partial charge in [-0.1, -0.05) is 53.5 Å². The van der Waals surface area contributed by atoms with E-state index in [0.717, 1.165) is 0 Å². The molecular weight excluding hydrogens is 319 g/mol. The van der Waals surface area contributed by atoms with Crippen LogP contribution in [0.15, 0.2) is 48.5 Å². The summed E-state index contributed by atoms with van der Waals surface area (Å²) in [4.78, 5) is 12.0. The maximum atomic E-state index is 14.4. The molecule has 0 saturated carbocycles. The van der Waals surface area contributed by atoms with Crippen molar-refractivity contribution in [3.63, 3.8) is 0 Å². The van der Waals surface area contributed by atoms with Crippen LogP contribution in [0.2, 0.25) is 0 Å². The van der Waals surface area contributed by atoms with Crippen LogP contribution in [-0.2, 0) is 26.4 Å². The fourth-order valence-electron chi connectivity index (χ4n) is 2.54. The Labute approximate surface area is 134 Å². The van der Waals surface area contributed by atoms with Crippen LogP contribution in [0.4, 0.5) is 4.39 Å². The molecule has 1 atom stereocenters. The summed E-state index contributed by atoms with van der Waals surface area (Å²) in [6.45, 7) is -0.00713. The second kappa shape index (κ2) is 6.44. The van der Waals surface area contributed by atoms with E-state index in [0.29, 0.717) is 22.3 Å². The highest BCUT2D eigenvalue weighted by atomic mass is 32.2. The Kier molecular flexibility index (Phi) is 4.36. The number of hydrogen-bond donors (Lipinski definition) is 0. The third-order valence-electron chi connectivity index (χ3n) is 3.56. The molecule has 2 aromatic carbocycles. The van der Waals surface area contributed by atoms with E-state index in [1.165, 1.54) is 18.2 Å². The van der Waals surface area contributed by atoms with E-state index in [9.17, 15) is 17.9 Å². The smallest absolute Gasteiger partial charge is 0.339 e. The van der Waals surface area contributed by atoms with E-state index >= 15 is 0 Å². The molecule has 0 N–H and O–H groups in total. The monoisotopic (exact) mass is 331 g/mol. The molecule has 0 radical (unpaired) electrons. The largest absolute Gasteiger partial charge is 0.772 e. The van der Waals surface area contributed by atoms with Crippen molar-refractivity contribution in [1.82, 2.24) is 0 Å². The SMILES string of the molecule is O=C1OCC(c2ccc(CS(=O)[O-])cc2F)=C1c1ccccc1. The van der Waals surface area contributed by atoms with Gasteiger partial charge in [-0.3, -0.25) is 4.21 Å². The van der Waals surface area contributed by atoms with Gasteiger partial charge in [0.15, 0.2) is 0 Å². The molecule has 6 heteroatoms. The van der Waals surface area contributed by atoms with Crippen LogP contribution in [0, 0.1) is 5.82 Å². The summed E-state index contributed by atoms with van der Waals surface area (Å²) in [6, 6.07) is 13.1. The Morgan fingerprint density at radius 2 is 1.91 bits per heavy atom. The quantitative estimate of drug-likeness (QED) is 0.638. The van der Waals surface area contributed by atoms with Crippen molar-refractivity contribution in [3.05, 3.63) is 71.0 Å². The van der Waals surface area contributed by atoms with E-state index in [1.807, 2.05) is 6.07 Å². The van der Waals surface area contributed by atoms with Gasteiger partial charge in [-0.25, -0.2) is 9.18 Å². The van der Waals surface area contributed by atoms with Crippen LogP contribution in [0.5, 0.6) is 0 Å². The highest BCUT2D eigenvalue weighted by Crippen LogP contribution is 2.34. The lowest BCUT2D eigenvalue weighted by Crippen LogP contribution is -1.99. The predicted octanol–water partition coefficient (Wildman–Crippen LogP) is 2.67. The van der Waals surface area contributed by atoms with Crippen LogP contribution < -0.4 is 0 Å². The minimum atomic E-state index is -2.28. The van der Waals surface area contributed by atoms with Gasteiger partial charge in [-0.2, -0.15) is 0 Å². The Morgan fingerprint density at radius 3 is 2.57 bits per heavy atom. The molecule has 23 heavy (non-hydrogen) atoms. The molecule has 0 fully saturated rings. The molecule has 1 aliphatic rings. The first-order chi connectivity index (χ1) is 11.1. The second-order valence-electron chi connectivity index (χ2n) is 5.06. The van der Waals surface area contributed by atoms with Gasteiger partial charge >= 0.3 is 5.97 Å². The molecule has 0 bridgehead atoms. The van der Waals surface area contributed by atoms with Gasteiger partial charge in [-0.15, -0.1) is 0 Å². The van der Waals surface area contributed by atoms with Gasteiger partial charge in [0, 0.05) is 16.9 Å². The first-order valence-corrected chi connectivity index (χ1v) is 8.11. The number of benzene rings is 2. The third-order valence-corrected chi connectivity index (χ3v) is 4.13. The number of carbonyl (C=O) groups excluding carboxylic acids is 1. The normalized spacial score (nSPS) is 15.7. The standard InChI is InChI=1S/C17H13FO4S/c18-15-8-11(10-23(20)21)6-7-13(15)14-9-22-17(19)16(14)12-4-2-1-3-5-12/h1-8H,9-10H2,(H,20,21)/p-1. The Balaban J connectivity index is 2.07. The average Bonchev–Trinajstić information content (AvgIpc) is 2.89. The van der Waals surface area contributed by atoms with Gasteiger partial charge < -0.3 is 9.29 Å². The maximum absolute atomic E-state index is 14.4. The Bertz CT molecular complexity index is 815. The van der Waals surface area contributed by atoms with Crippen LogP contribution >= 0.6 is 0 Å². The molecular formula is C17H12FO4S-. The van der Waals surface area contributed by atoms with Gasteiger partial charge in [0.2, 0.25) is 0 Å². The van der Waals surface area contributed by atoms with Gasteiger partial charge in [0.25, 0.3) is 0 Å². The molecule has 0 aromatic heterocycles. The van der Waals surface area contributed by atoms with Crippen molar-refractivity contribution in [2.45, 2.75) is 5.75 Å². The lowest BCUT2D eigenvalue weighted by atomic mass is 9.96. The number of rotatable bonds is 4. The average molecular weight is 331 g/mol. The molecule has 0 amide bonds. The summed E-state index contributed by atoms with van der Waals surface area (Å²) >= 11 is -2.28. The molecule has 0 aliphatic carbocycles. The molecule has 0 spiro atoms. The van der Waals surface area contributed by atoms with Gasteiger partial charge in [0.1, 0.15) is 12.4 Å². The first-order valence-electron chi connectivity index (χ1n) is 6.86. The minimum absolute atomic E-state index is 0.00713. The molecule has 1 aliphatic heterocycles. The zero-order valence-corrected chi connectivity index (χ0v) is 12.8. The summed E-state index contributed by atoms with van der Waals surface area (Å²) in [5.41, 5.74) is 2.06. The molecule has 0 saturated heterocycles. The van der Waals surface area contributed by atoms with Crippen molar-refractivity contribution in [3.8, 4) is 0 Å². The number of carbonyl (C=O) groups is 1. The van der Waals surface area contributed by atoms with Crippen molar-refractivity contribution in [1.29, 1.82) is 0 Å². The number of esters is 1. The van der Waals surface area contributed by atoms with E-state index in [2.05, 4.69) is 0 Å². The summed E-state index contributed by atoms with van der Waals surface area (Å²) in [5, 5.41) is 0. The number of halogens is 1. The van der Waals surface area contributed by atoms with E-state index in [-0.39, 0.29) is 17.9 Å². The van der Waals surface area contributed by atoms with Crippen molar-refractivity contribution >= 4 is 28.2 Å². The summed E-state index contributed by atoms with van der Waals surface area (Å²) in [5.74, 6) is -1.32. The number of hydrogen-bond acceptors (Lipinski definition) is 4. The van der Waals surface area contributed by atoms with Crippen molar-refractivity contribution in [2.24, 2.45) is 0 Å². The van der Waals surface area contributed by atoms with E-state index in [1.54, 1.807) is 24.3 Å². The van der Waals surface area contributed by atoms with Gasteiger partial charge in [-0.05, 0) is 17.2 Å². The minimum Gasteiger partial charge on any atom is -0.772 e. The summed E-state index contributed by atoms with van der Waals surface area (Å²) in [6.07, 6.45) is 0. The van der Waals surface area contributed by atoms with Crippen LogP contribution in [-0.4, -0.2) is 21.3 Å². The highest BCUT2D eigenvalue weighted by Gasteiger charge is 2.28. The summed E-state index contributed by atoms with van der Waals surface area (Å²) < 4.78 is 40.8. The molecule has 1 heterocycles. The van der Waals surface area contributed by atoms with Crippen LogP contribution in [0.3, 0.4) is 0 Å². The van der Waals surface area contributed by atoms with Crippen molar-refractivity contribution in [2.75, 3.05) is 6.61 Å². The third kappa shape index (κ3) is 3.23. The Hall–Kier alpha value is -2.31. The lowest BCUT2D eigenvalue weighted by molar-refractivity contribution is -0.133. The molecule has 3 rings (SSSR count). The van der Waals surface area contributed by atoms with E-state index < -0.39 is 22.9 Å². The topological polar surface area (TPSA) is 66.4 Å². The first kappa shape index (κ1) is 15.6. The second-order valence-corrected chi connectivity index (χ2v) is 5.95. The molecule has 118 valence electrons. The fourth-order valence-corrected chi connectivity index (χ4v) is 3.00. The van der Waals surface area contributed by atoms with Crippen LogP contribution in [0.1, 0.15) is 16.7 Å². The van der Waals surface area contributed by atoms with Crippen molar-refractivity contribution < 1.29 is 22.7 Å². The fraction of sp³-hybridized carbons (Fsp3) is 0.118. The maximum Gasteiger partial charge on any atom is 0.339 e. The zero-order chi connectivity index (χ0) is 16.4. The molecule has 2 aromatic rings. The van der Waals surface area contributed by atoms with Crippen LogP contribution in [0.25, 0.3) is 11.1 Å². The highest BCUT2D eigenvalue weighted by molar-refractivity contribution is 7.78. The van der Waals surface area contributed by atoms with E-state index in [4.69, 9.17) is 4.74 Å². The Morgan fingerprint density at radius 1 is 1.17 bits per heavy atom. The number of cyclic esters (lactones) is 1.